The summed E-state index contributed by atoms with van der Waals surface area (Å²) in [4.78, 5) is 11.2. The molecule has 6 heteroatoms. The molecule has 2 nitrogen and oxygen atoms in total. The Bertz CT molecular complexity index is 764. The van der Waals surface area contributed by atoms with Crippen LogP contribution in [0.25, 0.3) is 11.1 Å². The quantitative estimate of drug-likeness (QED) is 0.498. The molecule has 2 aromatic carbocycles. The van der Waals surface area contributed by atoms with Gasteiger partial charge in [-0.1, -0.05) is 0 Å². The second-order valence-corrected chi connectivity index (χ2v) is 45.9. The minimum absolute atomic E-state index is 0.694. The number of halogens is 2. The summed E-state index contributed by atoms with van der Waals surface area (Å²) in [6, 6.07) is 14.5. The van der Waals surface area contributed by atoms with E-state index in [-0.39, 0.29) is 0 Å². The molecule has 0 radical (unpaired) electrons. The van der Waals surface area contributed by atoms with E-state index in [9.17, 15) is 4.79 Å². The maximum atomic E-state index is 11.2. The monoisotopic (exact) mass is 428 g/mol. The van der Waals surface area contributed by atoms with Gasteiger partial charge in [0.25, 0.3) is 0 Å². The Hall–Kier alpha value is -0.410. The molecule has 0 atom stereocenters. The van der Waals surface area contributed by atoms with Crippen LogP contribution in [0.15, 0.2) is 42.5 Å². The number of fused-ring (bicyclic) bond motifs is 3. The number of amides is 1. The maximum absolute atomic E-state index is 11.2. The molecule has 0 saturated heterocycles. The number of carbonyl (C=O) groups is 1. The SMILES string of the molecule is C[SiH](C)[Zr]([Cl])([Cl])([NH]C=O)[c]1cccc2c1Cc1ccccc1-2. The molecule has 0 aliphatic heterocycles. The summed E-state index contributed by atoms with van der Waals surface area (Å²) in [5.41, 5.74) is 4.96. The molecule has 0 saturated carbocycles. The molecular weight excluding hydrogens is 412 g/mol. The van der Waals surface area contributed by atoms with Gasteiger partial charge in [0, 0.05) is 0 Å². The van der Waals surface area contributed by atoms with E-state index in [0.29, 0.717) is 6.41 Å². The number of rotatable bonds is 4. The molecular formula is C16H18Cl2NOSiZr. The Morgan fingerprint density at radius 1 is 1.09 bits per heavy atom. The Morgan fingerprint density at radius 2 is 1.77 bits per heavy atom. The van der Waals surface area contributed by atoms with Gasteiger partial charge in [0.15, 0.2) is 0 Å². The van der Waals surface area contributed by atoms with Gasteiger partial charge in [0.2, 0.25) is 0 Å². The zero-order valence-electron chi connectivity index (χ0n) is 12.6. The van der Waals surface area contributed by atoms with Gasteiger partial charge in [-0.05, 0) is 0 Å². The van der Waals surface area contributed by atoms with E-state index in [1.54, 1.807) is 0 Å². The van der Waals surface area contributed by atoms with Crippen LogP contribution in [0, 0.1) is 0 Å². The Kier molecular flexibility index (Phi) is 4.18. The summed E-state index contributed by atoms with van der Waals surface area (Å²) in [6.07, 6.45) is 1.53. The fraction of sp³-hybridized carbons (Fsp3) is 0.188. The predicted octanol–water partition coefficient (Wildman–Crippen LogP) is 3.52. The normalized spacial score (nSPS) is 14.9. The van der Waals surface area contributed by atoms with Crippen molar-refractivity contribution in [1.29, 1.82) is 0 Å². The molecule has 1 amide bonds. The molecule has 0 spiro atoms. The predicted molar refractivity (Wildman–Crippen MR) is 94.1 cm³/mol. The van der Waals surface area contributed by atoms with Crippen molar-refractivity contribution in [2.75, 3.05) is 0 Å². The number of carbonyl (C=O) groups excluding carboxylic acids is 1. The fourth-order valence-corrected chi connectivity index (χ4v) is 19.7. The molecule has 0 aromatic heterocycles. The standard InChI is InChI=1S/C13H9.C2H7Si.CH3NO.2ClH.Zr/c1-3-7-12-10(5-1)9-11-6-2-4-8-13(11)12;1-3-2;2-1-3;;;/h1-5,7-8H,9H2;3H,1-2H3;1H,(H2,2,3);2*1H;/q;;;;;+3/p-3. The first-order valence-electron chi connectivity index (χ1n) is 7.37. The molecule has 115 valence electrons. The van der Waals surface area contributed by atoms with Crippen LogP contribution in [0.3, 0.4) is 0 Å². The van der Waals surface area contributed by atoms with E-state index < -0.39 is 21.8 Å². The van der Waals surface area contributed by atoms with E-state index in [1.165, 1.54) is 22.3 Å². The molecule has 22 heavy (non-hydrogen) atoms. The van der Waals surface area contributed by atoms with Gasteiger partial charge in [-0.3, -0.25) is 0 Å². The zero-order chi connectivity index (χ0) is 16.0. The molecule has 0 fully saturated rings. The molecule has 2 aromatic rings. The number of hydrogen-bond acceptors (Lipinski definition) is 1. The van der Waals surface area contributed by atoms with Crippen LogP contribution in [-0.2, 0) is 27.1 Å². The van der Waals surface area contributed by atoms with Gasteiger partial charge in [-0.25, -0.2) is 0 Å². The van der Waals surface area contributed by atoms with E-state index in [2.05, 4.69) is 46.7 Å². The second-order valence-electron chi connectivity index (χ2n) is 6.16. The topological polar surface area (TPSA) is 29.1 Å². The van der Waals surface area contributed by atoms with Crippen LogP contribution >= 0.6 is 17.0 Å². The molecule has 0 heterocycles. The van der Waals surface area contributed by atoms with Crippen LogP contribution in [0.2, 0.25) is 13.1 Å². The zero-order valence-corrected chi connectivity index (χ0v) is 17.7. The molecule has 1 N–H and O–H groups in total. The van der Waals surface area contributed by atoms with Gasteiger partial charge in [-0.2, -0.15) is 0 Å². The van der Waals surface area contributed by atoms with Gasteiger partial charge < -0.3 is 0 Å². The van der Waals surface area contributed by atoms with Crippen molar-refractivity contribution >= 4 is 32.6 Å². The summed E-state index contributed by atoms with van der Waals surface area (Å²) >= 11 is -4.46. The average molecular weight is 431 g/mol. The fourth-order valence-electron chi connectivity index (χ4n) is 3.25. The first-order chi connectivity index (χ1) is 10.4. The van der Waals surface area contributed by atoms with Crippen LogP contribution in [0.1, 0.15) is 11.1 Å². The second kappa shape index (κ2) is 5.59. The third-order valence-corrected chi connectivity index (χ3v) is 48.8. The van der Waals surface area contributed by atoms with Crippen LogP contribution in [0.4, 0.5) is 0 Å². The van der Waals surface area contributed by atoms with Crippen molar-refractivity contribution in [3.63, 3.8) is 0 Å². The van der Waals surface area contributed by atoms with E-state index in [4.69, 9.17) is 17.0 Å². The van der Waals surface area contributed by atoms with Crippen molar-refractivity contribution in [3.05, 3.63) is 53.6 Å². The van der Waals surface area contributed by atoms with E-state index in [0.717, 1.165) is 9.69 Å². The Labute approximate surface area is 140 Å². The van der Waals surface area contributed by atoms with Crippen molar-refractivity contribution in [2.24, 2.45) is 0 Å². The van der Waals surface area contributed by atoms with Crippen LogP contribution in [0.5, 0.6) is 0 Å². The summed E-state index contributed by atoms with van der Waals surface area (Å²) in [5.74, 6) is -1.49. The minimum atomic E-state index is -4.46. The van der Waals surface area contributed by atoms with Crippen LogP contribution < -0.4 is 6.53 Å². The molecule has 1 aliphatic rings. The molecule has 1 aliphatic carbocycles. The number of benzene rings is 2. The third kappa shape index (κ3) is 2.36. The van der Waals surface area contributed by atoms with Crippen molar-refractivity contribution < 1.29 is 20.6 Å². The van der Waals surface area contributed by atoms with E-state index in [1.807, 2.05) is 12.1 Å². The van der Waals surface area contributed by atoms with Gasteiger partial charge >= 0.3 is 141 Å². The Morgan fingerprint density at radius 3 is 2.45 bits per heavy atom. The Balaban J connectivity index is 2.26. The first-order valence-corrected chi connectivity index (χ1v) is 23.3. The third-order valence-electron chi connectivity index (χ3n) is 4.68. The van der Waals surface area contributed by atoms with Gasteiger partial charge in [-0.15, -0.1) is 0 Å². The van der Waals surface area contributed by atoms with Crippen molar-refractivity contribution in [3.8, 4) is 11.1 Å². The van der Waals surface area contributed by atoms with Crippen molar-refractivity contribution in [1.82, 2.24) is 3.26 Å². The summed E-state index contributed by atoms with van der Waals surface area (Å²) in [7, 11) is 14.2. The number of nitrogens with one attached hydrogen (secondary N) is 1. The summed E-state index contributed by atoms with van der Waals surface area (Å²) in [5, 5.41) is 0. The van der Waals surface area contributed by atoms with Crippen LogP contribution in [-0.4, -0.2) is 12.3 Å². The van der Waals surface area contributed by atoms with Gasteiger partial charge in [0.05, 0.1) is 0 Å². The summed E-state index contributed by atoms with van der Waals surface area (Å²) in [6.45, 7) is 4.26. The first kappa shape index (κ1) is 16.4. The van der Waals surface area contributed by atoms with Crippen molar-refractivity contribution in [2.45, 2.75) is 19.5 Å². The van der Waals surface area contributed by atoms with E-state index >= 15 is 0 Å². The average Bonchev–Trinajstić information content (AvgIpc) is 2.85. The molecule has 0 bridgehead atoms. The molecule has 3 rings (SSSR count). The number of hydrogen-bond donors (Lipinski definition) is 1. The van der Waals surface area contributed by atoms with Gasteiger partial charge in [0.1, 0.15) is 0 Å². The summed E-state index contributed by atoms with van der Waals surface area (Å²) < 4.78 is 3.95. The molecule has 0 unspecified atom stereocenters.